The minimum atomic E-state index is 0.674. The highest BCUT2D eigenvalue weighted by Gasteiger charge is 2.17. The lowest BCUT2D eigenvalue weighted by Gasteiger charge is -2.24. The molecule has 1 fully saturated rings. The molecule has 1 heterocycles. The number of aromatic nitrogens is 2. The zero-order valence-corrected chi connectivity index (χ0v) is 11.2. The Morgan fingerprint density at radius 1 is 1.47 bits per heavy atom. The van der Waals surface area contributed by atoms with E-state index in [1.54, 1.807) is 0 Å². The molecule has 0 unspecified atom stereocenters. The molecule has 0 saturated heterocycles. The molecule has 1 aromatic rings. The van der Waals surface area contributed by atoms with Gasteiger partial charge < -0.3 is 10.1 Å². The first-order valence-corrected chi connectivity index (χ1v) is 7.28. The molecule has 0 spiro atoms. The third-order valence-electron chi connectivity index (χ3n) is 3.12. The smallest absolute Gasteiger partial charge is 0.219 e. The van der Waals surface area contributed by atoms with E-state index in [1.807, 2.05) is 19.4 Å². The molecule has 0 radical (unpaired) electrons. The fraction of sp³-hybridized carbons (Fsp3) is 0.667. The number of nitrogens with one attached hydrogen (secondary N) is 1. The highest BCUT2D eigenvalue weighted by molar-refractivity contribution is 7.98. The fourth-order valence-electron chi connectivity index (χ4n) is 1.81. The number of nitrogens with zero attached hydrogens (tertiary/aromatic N) is 2. The number of hydrogen-bond donors (Lipinski definition) is 1. The molecule has 1 aromatic heterocycles. The molecule has 1 aliphatic carbocycles. The van der Waals surface area contributed by atoms with Gasteiger partial charge >= 0.3 is 0 Å². The van der Waals surface area contributed by atoms with Gasteiger partial charge in [-0.3, -0.25) is 0 Å². The van der Waals surface area contributed by atoms with E-state index in [1.165, 1.54) is 31.0 Å². The van der Waals surface area contributed by atoms with Gasteiger partial charge in [0.05, 0.1) is 6.61 Å². The number of rotatable bonds is 6. The summed E-state index contributed by atoms with van der Waals surface area (Å²) in [4.78, 5) is 8.63. The maximum Gasteiger partial charge on any atom is 0.219 e. The van der Waals surface area contributed by atoms with E-state index in [0.29, 0.717) is 5.88 Å². The summed E-state index contributed by atoms with van der Waals surface area (Å²) in [5.74, 6) is 2.36. The second kappa shape index (κ2) is 6.10. The summed E-state index contributed by atoms with van der Waals surface area (Å²) in [6, 6.07) is 1.85. The van der Waals surface area contributed by atoms with Crippen LogP contribution in [0, 0.1) is 5.92 Å². The molecule has 0 bridgehead atoms. The van der Waals surface area contributed by atoms with Crippen molar-refractivity contribution in [2.45, 2.75) is 30.8 Å². The maximum atomic E-state index is 5.69. The Morgan fingerprint density at radius 3 is 2.88 bits per heavy atom. The van der Waals surface area contributed by atoms with Crippen LogP contribution < -0.4 is 10.1 Å². The van der Waals surface area contributed by atoms with Gasteiger partial charge in [0.15, 0.2) is 5.16 Å². The fourth-order valence-corrected chi connectivity index (χ4v) is 2.18. The van der Waals surface area contributed by atoms with E-state index in [4.69, 9.17) is 4.74 Å². The van der Waals surface area contributed by atoms with Crippen molar-refractivity contribution in [1.82, 2.24) is 9.97 Å². The minimum Gasteiger partial charge on any atom is -0.477 e. The van der Waals surface area contributed by atoms with Crippen LogP contribution in [0.3, 0.4) is 0 Å². The van der Waals surface area contributed by atoms with Crippen LogP contribution in [-0.4, -0.2) is 29.9 Å². The molecule has 5 heteroatoms. The van der Waals surface area contributed by atoms with Crippen LogP contribution in [0.2, 0.25) is 0 Å². The molecule has 4 nitrogen and oxygen atoms in total. The van der Waals surface area contributed by atoms with Gasteiger partial charge in [-0.25, -0.2) is 4.98 Å². The van der Waals surface area contributed by atoms with Crippen molar-refractivity contribution in [1.29, 1.82) is 0 Å². The van der Waals surface area contributed by atoms with Gasteiger partial charge in [0, 0.05) is 13.1 Å². The van der Waals surface area contributed by atoms with Crippen LogP contribution in [0.1, 0.15) is 25.7 Å². The Kier molecular flexibility index (Phi) is 4.48. The van der Waals surface area contributed by atoms with Gasteiger partial charge in [0.1, 0.15) is 5.82 Å². The second-order valence-electron chi connectivity index (χ2n) is 4.26. The monoisotopic (exact) mass is 253 g/mol. The van der Waals surface area contributed by atoms with Crippen molar-refractivity contribution < 1.29 is 4.74 Å². The summed E-state index contributed by atoms with van der Waals surface area (Å²) in [6.45, 7) is 0.763. The van der Waals surface area contributed by atoms with Gasteiger partial charge in [-0.1, -0.05) is 31.0 Å². The summed E-state index contributed by atoms with van der Waals surface area (Å²) in [5.41, 5.74) is 0. The van der Waals surface area contributed by atoms with E-state index in [9.17, 15) is 0 Å². The van der Waals surface area contributed by atoms with Crippen LogP contribution in [0.15, 0.2) is 11.2 Å². The lowest BCUT2D eigenvalue weighted by Crippen LogP contribution is -2.14. The standard InChI is InChI=1S/C12H19N3OS/c1-13-10-8-11(15-12(14-10)17-2)16-7-6-9-4-3-5-9/h8-9H,3-7H2,1-2H3,(H,13,14,15). The van der Waals surface area contributed by atoms with E-state index in [0.717, 1.165) is 29.9 Å². The number of anilines is 1. The summed E-state index contributed by atoms with van der Waals surface area (Å²) >= 11 is 1.53. The zero-order chi connectivity index (χ0) is 12.1. The number of thioether (sulfide) groups is 1. The third kappa shape index (κ3) is 3.49. The van der Waals surface area contributed by atoms with Gasteiger partial charge in [-0.15, -0.1) is 0 Å². The Hall–Kier alpha value is -0.970. The van der Waals surface area contributed by atoms with Crippen LogP contribution in [-0.2, 0) is 0 Å². The van der Waals surface area contributed by atoms with Gasteiger partial charge in [-0.2, -0.15) is 4.98 Å². The Morgan fingerprint density at radius 2 is 2.29 bits per heavy atom. The predicted octanol–water partition coefficient (Wildman–Crippen LogP) is 2.81. The van der Waals surface area contributed by atoms with Gasteiger partial charge in [0.25, 0.3) is 0 Å². The normalized spacial score (nSPS) is 15.4. The first-order valence-electron chi connectivity index (χ1n) is 6.05. The molecule has 94 valence electrons. The summed E-state index contributed by atoms with van der Waals surface area (Å²) in [6.07, 6.45) is 7.23. The molecule has 1 N–H and O–H groups in total. The Bertz CT molecular complexity index is 347. The van der Waals surface area contributed by atoms with Crippen molar-refractivity contribution in [2.75, 3.05) is 25.2 Å². The van der Waals surface area contributed by atoms with Gasteiger partial charge in [-0.05, 0) is 18.6 Å². The van der Waals surface area contributed by atoms with Crippen LogP contribution in [0.4, 0.5) is 5.82 Å². The van der Waals surface area contributed by atoms with Crippen molar-refractivity contribution in [3.63, 3.8) is 0 Å². The molecular weight excluding hydrogens is 234 g/mol. The quantitative estimate of drug-likeness (QED) is 0.624. The van der Waals surface area contributed by atoms with Crippen molar-refractivity contribution in [3.8, 4) is 5.88 Å². The average molecular weight is 253 g/mol. The zero-order valence-electron chi connectivity index (χ0n) is 10.4. The first-order chi connectivity index (χ1) is 8.31. The number of hydrogen-bond acceptors (Lipinski definition) is 5. The van der Waals surface area contributed by atoms with Gasteiger partial charge in [0.2, 0.25) is 5.88 Å². The molecule has 0 aliphatic heterocycles. The molecule has 0 atom stereocenters. The molecule has 0 aromatic carbocycles. The first kappa shape index (κ1) is 12.5. The lowest BCUT2D eigenvalue weighted by molar-refractivity contribution is 0.216. The maximum absolute atomic E-state index is 5.69. The predicted molar refractivity (Wildman–Crippen MR) is 70.8 cm³/mol. The largest absolute Gasteiger partial charge is 0.477 e. The Balaban J connectivity index is 1.89. The Labute approximate surface area is 107 Å². The third-order valence-corrected chi connectivity index (χ3v) is 3.67. The van der Waals surface area contributed by atoms with Crippen LogP contribution in [0.5, 0.6) is 5.88 Å². The van der Waals surface area contributed by atoms with E-state index in [2.05, 4.69) is 15.3 Å². The molecule has 0 amide bonds. The van der Waals surface area contributed by atoms with Crippen LogP contribution in [0.25, 0.3) is 0 Å². The lowest BCUT2D eigenvalue weighted by atomic mass is 9.83. The summed E-state index contributed by atoms with van der Waals surface area (Å²) in [7, 11) is 1.85. The van der Waals surface area contributed by atoms with E-state index >= 15 is 0 Å². The topological polar surface area (TPSA) is 47.0 Å². The summed E-state index contributed by atoms with van der Waals surface area (Å²) < 4.78 is 5.69. The van der Waals surface area contributed by atoms with Crippen molar-refractivity contribution in [2.24, 2.45) is 5.92 Å². The summed E-state index contributed by atoms with van der Waals surface area (Å²) in [5, 5.41) is 3.76. The number of ether oxygens (including phenoxy) is 1. The average Bonchev–Trinajstić information content (AvgIpc) is 2.31. The molecule has 1 aliphatic rings. The van der Waals surface area contributed by atoms with E-state index in [-0.39, 0.29) is 0 Å². The second-order valence-corrected chi connectivity index (χ2v) is 5.04. The SMILES string of the molecule is CNc1cc(OCCC2CCC2)nc(SC)n1. The molecule has 1 saturated carbocycles. The molecule has 17 heavy (non-hydrogen) atoms. The van der Waals surface area contributed by atoms with Crippen LogP contribution >= 0.6 is 11.8 Å². The highest BCUT2D eigenvalue weighted by atomic mass is 32.2. The van der Waals surface area contributed by atoms with E-state index < -0.39 is 0 Å². The highest BCUT2D eigenvalue weighted by Crippen LogP contribution is 2.29. The minimum absolute atomic E-state index is 0.674. The molecular formula is C12H19N3OS. The van der Waals surface area contributed by atoms with Crippen molar-refractivity contribution in [3.05, 3.63) is 6.07 Å². The molecule has 2 rings (SSSR count). The van der Waals surface area contributed by atoms with Crippen molar-refractivity contribution >= 4 is 17.6 Å².